The average Bonchev–Trinajstić information content (AvgIpc) is 2.54. The number of nitrogens with one attached hydrogen (secondary N) is 1. The number of benzene rings is 1. The Hall–Kier alpha value is -2.10. The van der Waals surface area contributed by atoms with E-state index < -0.39 is 0 Å². The van der Waals surface area contributed by atoms with E-state index in [1.807, 2.05) is 13.1 Å². The number of rotatable bonds is 4. The van der Waals surface area contributed by atoms with E-state index in [4.69, 9.17) is 4.98 Å². The summed E-state index contributed by atoms with van der Waals surface area (Å²) in [6, 6.07) is 10.7. The molecule has 2 heterocycles. The molecule has 4 nitrogen and oxygen atoms in total. The molecule has 1 aliphatic heterocycles. The molecule has 1 aliphatic rings. The molecule has 0 saturated carbocycles. The molecule has 0 amide bonds. The van der Waals surface area contributed by atoms with E-state index in [0.717, 1.165) is 43.3 Å². The molecule has 1 aromatic carbocycles. The van der Waals surface area contributed by atoms with Crippen molar-refractivity contribution in [1.29, 1.82) is 0 Å². The van der Waals surface area contributed by atoms with E-state index in [-0.39, 0.29) is 0 Å². The molecule has 0 bridgehead atoms. The molecule has 21 heavy (non-hydrogen) atoms. The van der Waals surface area contributed by atoms with Gasteiger partial charge in [0.1, 0.15) is 17.5 Å². The number of aromatic nitrogens is 2. The molecule has 0 atom stereocenters. The van der Waals surface area contributed by atoms with Crippen LogP contribution in [0.1, 0.15) is 31.2 Å². The van der Waals surface area contributed by atoms with E-state index in [1.165, 1.54) is 17.7 Å². The van der Waals surface area contributed by atoms with Gasteiger partial charge in [-0.2, -0.15) is 0 Å². The molecule has 0 aliphatic carbocycles. The topological polar surface area (TPSA) is 41.1 Å². The van der Waals surface area contributed by atoms with Crippen molar-refractivity contribution in [3.05, 3.63) is 41.7 Å². The van der Waals surface area contributed by atoms with E-state index >= 15 is 0 Å². The van der Waals surface area contributed by atoms with E-state index in [0.29, 0.717) is 0 Å². The van der Waals surface area contributed by atoms with Gasteiger partial charge in [-0.25, -0.2) is 9.97 Å². The number of fused-ring (bicyclic) bond motifs is 1. The Morgan fingerprint density at radius 3 is 2.90 bits per heavy atom. The van der Waals surface area contributed by atoms with Gasteiger partial charge in [0.05, 0.1) is 0 Å². The molecule has 0 fully saturated rings. The first kappa shape index (κ1) is 13.9. The maximum absolute atomic E-state index is 4.77. The first-order valence-corrected chi connectivity index (χ1v) is 7.73. The molecule has 1 N–H and O–H groups in total. The fraction of sp³-hybridized carbons (Fsp3) is 0.412. The first-order chi connectivity index (χ1) is 10.3. The van der Waals surface area contributed by atoms with Crippen molar-refractivity contribution in [2.75, 3.05) is 23.8 Å². The lowest BCUT2D eigenvalue weighted by atomic mass is 10.0. The Labute approximate surface area is 126 Å². The van der Waals surface area contributed by atoms with Gasteiger partial charge < -0.3 is 10.2 Å². The lowest BCUT2D eigenvalue weighted by Crippen LogP contribution is -2.25. The van der Waals surface area contributed by atoms with Crippen LogP contribution in [0.4, 0.5) is 17.3 Å². The van der Waals surface area contributed by atoms with Crippen LogP contribution < -0.4 is 10.2 Å². The summed E-state index contributed by atoms with van der Waals surface area (Å²) in [6.07, 6.45) is 4.29. The van der Waals surface area contributed by atoms with Gasteiger partial charge in [0.25, 0.3) is 0 Å². The van der Waals surface area contributed by atoms with E-state index in [9.17, 15) is 0 Å². The molecule has 0 radical (unpaired) electrons. The molecular formula is C17H22N4. The summed E-state index contributed by atoms with van der Waals surface area (Å²) in [5.74, 6) is 2.82. The summed E-state index contributed by atoms with van der Waals surface area (Å²) in [5.41, 5.74) is 2.69. The molecule has 0 saturated heterocycles. The average molecular weight is 282 g/mol. The minimum absolute atomic E-state index is 0.895. The summed E-state index contributed by atoms with van der Waals surface area (Å²) in [6.45, 7) is 3.17. The van der Waals surface area contributed by atoms with Crippen molar-refractivity contribution >= 4 is 17.3 Å². The Bertz CT molecular complexity index is 624. The second-order valence-corrected chi connectivity index (χ2v) is 5.41. The third-order valence-electron chi connectivity index (χ3n) is 3.88. The predicted octanol–water partition coefficient (Wildman–Crippen LogP) is 3.56. The molecule has 2 aromatic rings. The van der Waals surface area contributed by atoms with Crippen LogP contribution in [-0.4, -0.2) is 23.6 Å². The zero-order valence-electron chi connectivity index (χ0n) is 12.8. The molecule has 4 heteroatoms. The standard InChI is InChI=1S/C17H22N4/c1-3-7-15-19-16(18-2)12-17(20-15)21-11-6-9-13-8-4-5-10-14(13)21/h4-5,8,10,12H,3,6-7,9,11H2,1-2H3,(H,18,19,20). The van der Waals surface area contributed by atoms with Crippen LogP contribution in [0.25, 0.3) is 0 Å². The largest absolute Gasteiger partial charge is 0.373 e. The molecular weight excluding hydrogens is 260 g/mol. The maximum atomic E-state index is 4.77. The van der Waals surface area contributed by atoms with Crippen molar-refractivity contribution in [2.45, 2.75) is 32.6 Å². The Kier molecular flexibility index (Phi) is 4.04. The number of hydrogen-bond acceptors (Lipinski definition) is 4. The van der Waals surface area contributed by atoms with Crippen molar-refractivity contribution in [2.24, 2.45) is 0 Å². The fourth-order valence-corrected chi connectivity index (χ4v) is 2.86. The quantitative estimate of drug-likeness (QED) is 0.931. The van der Waals surface area contributed by atoms with Crippen LogP contribution in [0.15, 0.2) is 30.3 Å². The summed E-state index contributed by atoms with van der Waals surface area (Å²) in [7, 11) is 1.91. The van der Waals surface area contributed by atoms with E-state index in [1.54, 1.807) is 0 Å². The Morgan fingerprint density at radius 1 is 1.24 bits per heavy atom. The van der Waals surface area contributed by atoms with Gasteiger partial charge in [-0.1, -0.05) is 25.1 Å². The van der Waals surface area contributed by atoms with Crippen LogP contribution in [0.2, 0.25) is 0 Å². The van der Waals surface area contributed by atoms with Crippen molar-refractivity contribution in [3.8, 4) is 0 Å². The minimum Gasteiger partial charge on any atom is -0.373 e. The predicted molar refractivity (Wildman–Crippen MR) is 87.3 cm³/mol. The Balaban J connectivity index is 2.02. The van der Waals surface area contributed by atoms with Crippen molar-refractivity contribution in [1.82, 2.24) is 9.97 Å². The zero-order valence-corrected chi connectivity index (χ0v) is 12.8. The highest BCUT2D eigenvalue weighted by Crippen LogP contribution is 2.32. The third kappa shape index (κ3) is 2.84. The second kappa shape index (κ2) is 6.12. The lowest BCUT2D eigenvalue weighted by Gasteiger charge is -2.30. The molecule has 0 spiro atoms. The SMILES string of the molecule is CCCc1nc(NC)cc(N2CCCc3ccccc32)n1. The second-order valence-electron chi connectivity index (χ2n) is 5.41. The summed E-state index contributed by atoms with van der Waals surface area (Å²) >= 11 is 0. The normalized spacial score (nSPS) is 13.9. The number of para-hydroxylation sites is 1. The highest BCUT2D eigenvalue weighted by atomic mass is 15.2. The summed E-state index contributed by atoms with van der Waals surface area (Å²) < 4.78 is 0. The summed E-state index contributed by atoms with van der Waals surface area (Å²) in [4.78, 5) is 11.6. The van der Waals surface area contributed by atoms with E-state index in [2.05, 4.69) is 46.4 Å². The number of anilines is 3. The van der Waals surface area contributed by atoms with Crippen molar-refractivity contribution in [3.63, 3.8) is 0 Å². The van der Waals surface area contributed by atoms with Crippen LogP contribution in [0.5, 0.6) is 0 Å². The van der Waals surface area contributed by atoms with Crippen LogP contribution in [0.3, 0.4) is 0 Å². The van der Waals surface area contributed by atoms with Crippen molar-refractivity contribution < 1.29 is 0 Å². The van der Waals surface area contributed by atoms with Gasteiger partial charge in [-0.3, -0.25) is 0 Å². The highest BCUT2D eigenvalue weighted by Gasteiger charge is 2.19. The van der Waals surface area contributed by atoms with Gasteiger partial charge in [-0.05, 0) is 30.9 Å². The van der Waals surface area contributed by atoms with Crippen LogP contribution in [0, 0.1) is 0 Å². The zero-order chi connectivity index (χ0) is 14.7. The Morgan fingerprint density at radius 2 is 2.10 bits per heavy atom. The van der Waals surface area contributed by atoms with Gasteiger partial charge in [0.2, 0.25) is 0 Å². The molecule has 110 valence electrons. The van der Waals surface area contributed by atoms with Crippen LogP contribution in [-0.2, 0) is 12.8 Å². The fourth-order valence-electron chi connectivity index (χ4n) is 2.86. The highest BCUT2D eigenvalue weighted by molar-refractivity contribution is 5.67. The number of hydrogen-bond donors (Lipinski definition) is 1. The smallest absolute Gasteiger partial charge is 0.138 e. The molecule has 3 rings (SSSR count). The molecule has 0 unspecified atom stereocenters. The van der Waals surface area contributed by atoms with Gasteiger partial charge in [0, 0.05) is 31.8 Å². The van der Waals surface area contributed by atoms with Gasteiger partial charge in [0.15, 0.2) is 0 Å². The minimum atomic E-state index is 0.895. The maximum Gasteiger partial charge on any atom is 0.138 e. The first-order valence-electron chi connectivity index (χ1n) is 7.73. The summed E-state index contributed by atoms with van der Waals surface area (Å²) in [5, 5.41) is 3.15. The van der Waals surface area contributed by atoms with Gasteiger partial charge >= 0.3 is 0 Å². The molecule has 1 aromatic heterocycles. The number of nitrogens with zero attached hydrogens (tertiary/aromatic N) is 3. The monoisotopic (exact) mass is 282 g/mol. The third-order valence-corrected chi connectivity index (χ3v) is 3.88. The number of aryl methyl sites for hydroxylation is 2. The lowest BCUT2D eigenvalue weighted by molar-refractivity contribution is 0.750. The van der Waals surface area contributed by atoms with Crippen LogP contribution >= 0.6 is 0 Å². The van der Waals surface area contributed by atoms with Gasteiger partial charge in [-0.15, -0.1) is 0 Å².